The molecule has 1 aromatic rings. The van der Waals surface area contributed by atoms with Crippen molar-refractivity contribution < 1.29 is 9.59 Å². The van der Waals surface area contributed by atoms with Crippen LogP contribution in [0, 0.1) is 0 Å². The van der Waals surface area contributed by atoms with Gasteiger partial charge in [0, 0.05) is 18.2 Å². The highest BCUT2D eigenvalue weighted by atomic mass is 32.1. The van der Waals surface area contributed by atoms with Gasteiger partial charge in [0.15, 0.2) is 0 Å². The number of hydrogen-bond donors (Lipinski definition) is 2. The number of benzene rings is 1. The summed E-state index contributed by atoms with van der Waals surface area (Å²) in [6.45, 7) is 1.42. The maximum Gasteiger partial charge on any atom is 0.255 e. The number of amides is 2. The molecule has 0 saturated heterocycles. The number of nitrogens with one attached hydrogen (secondary N) is 2. The van der Waals surface area contributed by atoms with Crippen molar-refractivity contribution in [2.75, 3.05) is 5.32 Å². The van der Waals surface area contributed by atoms with Crippen LogP contribution in [0.5, 0.6) is 0 Å². The monoisotopic (exact) mass is 222 g/mol. The molecule has 0 heterocycles. The summed E-state index contributed by atoms with van der Waals surface area (Å²) < 4.78 is 0. The van der Waals surface area contributed by atoms with Crippen LogP contribution in [-0.4, -0.2) is 17.3 Å². The lowest BCUT2D eigenvalue weighted by Gasteiger charge is -2.03. The minimum Gasteiger partial charge on any atom is -0.326 e. The fourth-order valence-electron chi connectivity index (χ4n) is 1.05. The van der Waals surface area contributed by atoms with Crippen LogP contribution in [-0.2, 0) is 4.79 Å². The molecule has 0 spiro atoms. The van der Waals surface area contributed by atoms with Gasteiger partial charge in [-0.25, -0.2) is 0 Å². The quantitative estimate of drug-likeness (QED) is 0.759. The zero-order valence-corrected chi connectivity index (χ0v) is 8.93. The molecule has 0 aliphatic rings. The Morgan fingerprint density at radius 1 is 1.27 bits per heavy atom. The molecule has 78 valence electrons. The van der Waals surface area contributed by atoms with E-state index in [0.29, 0.717) is 11.3 Å². The SMILES string of the molecule is CC(=O)Nc1ccc(C(=O)NC=S)cc1. The van der Waals surface area contributed by atoms with Crippen molar-refractivity contribution >= 4 is 35.2 Å². The van der Waals surface area contributed by atoms with Crippen molar-refractivity contribution in [2.45, 2.75) is 6.92 Å². The average Bonchev–Trinajstić information content (AvgIpc) is 2.18. The van der Waals surface area contributed by atoms with Crippen molar-refractivity contribution in [3.63, 3.8) is 0 Å². The fourth-order valence-corrected chi connectivity index (χ4v) is 1.15. The van der Waals surface area contributed by atoms with Crippen LogP contribution in [0.1, 0.15) is 17.3 Å². The van der Waals surface area contributed by atoms with Crippen LogP contribution in [0.3, 0.4) is 0 Å². The lowest BCUT2D eigenvalue weighted by atomic mass is 10.2. The molecule has 2 N–H and O–H groups in total. The Bertz CT molecular complexity index is 387. The fraction of sp³-hybridized carbons (Fsp3) is 0.100. The van der Waals surface area contributed by atoms with E-state index in [9.17, 15) is 9.59 Å². The smallest absolute Gasteiger partial charge is 0.255 e. The van der Waals surface area contributed by atoms with Gasteiger partial charge in [-0.15, -0.1) is 0 Å². The Kier molecular flexibility index (Phi) is 3.93. The van der Waals surface area contributed by atoms with Crippen molar-refractivity contribution in [2.24, 2.45) is 0 Å². The molecule has 4 nitrogen and oxygen atoms in total. The van der Waals surface area contributed by atoms with E-state index in [-0.39, 0.29) is 11.8 Å². The number of carbonyl (C=O) groups excluding carboxylic acids is 2. The van der Waals surface area contributed by atoms with Crippen LogP contribution < -0.4 is 10.6 Å². The average molecular weight is 222 g/mol. The Morgan fingerprint density at radius 2 is 1.87 bits per heavy atom. The molecule has 5 heteroatoms. The highest BCUT2D eigenvalue weighted by molar-refractivity contribution is 7.78. The normalized spacial score (nSPS) is 9.13. The van der Waals surface area contributed by atoms with E-state index < -0.39 is 0 Å². The summed E-state index contributed by atoms with van der Waals surface area (Å²) in [4.78, 5) is 22.0. The first-order valence-electron chi connectivity index (χ1n) is 4.25. The molecule has 2 amide bonds. The summed E-state index contributed by atoms with van der Waals surface area (Å²) in [5.41, 5.74) is 2.30. The van der Waals surface area contributed by atoms with Gasteiger partial charge in [0.05, 0.1) is 5.49 Å². The molecule has 0 aliphatic carbocycles. The van der Waals surface area contributed by atoms with Gasteiger partial charge in [0.2, 0.25) is 5.91 Å². The molecule has 1 aromatic carbocycles. The molecule has 1 rings (SSSR count). The van der Waals surface area contributed by atoms with Gasteiger partial charge >= 0.3 is 0 Å². The zero-order valence-electron chi connectivity index (χ0n) is 8.11. The van der Waals surface area contributed by atoms with E-state index in [2.05, 4.69) is 22.9 Å². The van der Waals surface area contributed by atoms with Crippen LogP contribution >= 0.6 is 12.2 Å². The molecule has 0 bridgehead atoms. The zero-order chi connectivity index (χ0) is 11.3. The summed E-state index contributed by atoms with van der Waals surface area (Å²) in [6, 6.07) is 6.53. The van der Waals surface area contributed by atoms with Gasteiger partial charge in [0.1, 0.15) is 0 Å². The summed E-state index contributed by atoms with van der Waals surface area (Å²) >= 11 is 4.50. The third-order valence-corrected chi connectivity index (χ3v) is 1.78. The lowest BCUT2D eigenvalue weighted by Crippen LogP contribution is -2.20. The molecule has 0 radical (unpaired) electrons. The van der Waals surface area contributed by atoms with Gasteiger partial charge in [-0.3, -0.25) is 9.59 Å². The van der Waals surface area contributed by atoms with Gasteiger partial charge in [-0.1, -0.05) is 12.2 Å². The molecule has 15 heavy (non-hydrogen) atoms. The van der Waals surface area contributed by atoms with E-state index in [1.807, 2.05) is 0 Å². The molecule has 0 saturated carbocycles. The predicted molar refractivity (Wildman–Crippen MR) is 61.9 cm³/mol. The molecule has 0 fully saturated rings. The Balaban J connectivity index is 2.75. The van der Waals surface area contributed by atoms with Gasteiger partial charge < -0.3 is 10.6 Å². The van der Waals surface area contributed by atoms with Crippen molar-refractivity contribution in [1.82, 2.24) is 5.32 Å². The van der Waals surface area contributed by atoms with Crippen LogP contribution in [0.25, 0.3) is 0 Å². The second kappa shape index (κ2) is 5.21. The van der Waals surface area contributed by atoms with E-state index in [4.69, 9.17) is 0 Å². The molecule has 0 unspecified atom stereocenters. The van der Waals surface area contributed by atoms with Gasteiger partial charge in [0.25, 0.3) is 5.91 Å². The number of carbonyl (C=O) groups is 2. The minimum absolute atomic E-state index is 0.147. The molecular formula is C10H10N2O2S. The largest absolute Gasteiger partial charge is 0.326 e. The Hall–Kier alpha value is -1.75. The molecule has 0 atom stereocenters. The van der Waals surface area contributed by atoms with Crippen LogP contribution in [0.4, 0.5) is 5.69 Å². The molecular weight excluding hydrogens is 212 g/mol. The summed E-state index contributed by atoms with van der Waals surface area (Å²) in [6.07, 6.45) is 0. The van der Waals surface area contributed by atoms with Crippen LogP contribution in [0.15, 0.2) is 24.3 Å². The van der Waals surface area contributed by atoms with Gasteiger partial charge in [-0.2, -0.15) is 0 Å². The number of rotatable bonds is 3. The first kappa shape index (κ1) is 11.3. The first-order valence-corrected chi connectivity index (χ1v) is 4.73. The van der Waals surface area contributed by atoms with E-state index >= 15 is 0 Å². The van der Waals surface area contributed by atoms with Crippen molar-refractivity contribution in [1.29, 1.82) is 0 Å². The second-order valence-electron chi connectivity index (χ2n) is 2.85. The van der Waals surface area contributed by atoms with Crippen molar-refractivity contribution in [3.8, 4) is 0 Å². The molecule has 0 aliphatic heterocycles. The van der Waals surface area contributed by atoms with E-state index in [1.54, 1.807) is 24.3 Å². The predicted octanol–water partition coefficient (Wildman–Crippen LogP) is 1.33. The Morgan fingerprint density at radius 3 is 2.33 bits per heavy atom. The number of thiocarbonyl (C=S) groups is 1. The first-order chi connectivity index (χ1) is 7.13. The highest BCUT2D eigenvalue weighted by Gasteiger charge is 2.03. The van der Waals surface area contributed by atoms with Gasteiger partial charge in [-0.05, 0) is 24.3 Å². The summed E-state index contributed by atoms with van der Waals surface area (Å²) in [5.74, 6) is -0.412. The standard InChI is InChI=1S/C10H10N2O2S/c1-7(13)12-9-4-2-8(3-5-9)10(14)11-6-15/h2-6H,1H3,(H,12,13)(H,11,14,15). The van der Waals surface area contributed by atoms with E-state index in [1.165, 1.54) is 6.92 Å². The second-order valence-corrected chi connectivity index (χ2v) is 3.09. The number of hydrogen-bond acceptors (Lipinski definition) is 3. The van der Waals surface area contributed by atoms with Crippen molar-refractivity contribution in [3.05, 3.63) is 29.8 Å². The maximum atomic E-state index is 11.3. The Labute approximate surface area is 92.7 Å². The van der Waals surface area contributed by atoms with E-state index in [0.717, 1.165) is 5.49 Å². The third kappa shape index (κ3) is 3.47. The topological polar surface area (TPSA) is 58.2 Å². The maximum absolute atomic E-state index is 11.3. The molecule has 0 aromatic heterocycles. The highest BCUT2D eigenvalue weighted by Crippen LogP contribution is 2.09. The summed E-state index contributed by atoms with van der Waals surface area (Å²) in [5, 5.41) is 4.99. The van der Waals surface area contributed by atoms with Crippen LogP contribution in [0.2, 0.25) is 0 Å². The third-order valence-electron chi connectivity index (χ3n) is 1.66. The number of anilines is 1. The lowest BCUT2D eigenvalue weighted by molar-refractivity contribution is -0.114. The minimum atomic E-state index is -0.264. The summed E-state index contributed by atoms with van der Waals surface area (Å²) in [7, 11) is 0.